The summed E-state index contributed by atoms with van der Waals surface area (Å²) in [6.45, 7) is 6.22. The highest BCUT2D eigenvalue weighted by Gasteiger charge is 2.35. The number of nitrogens with one attached hydrogen (secondary N) is 1. The molecule has 6 nitrogen and oxygen atoms in total. The molecule has 2 heterocycles. The Balaban J connectivity index is 1.46. The Hall–Kier alpha value is -2.70. The van der Waals surface area contributed by atoms with Crippen molar-refractivity contribution in [2.75, 3.05) is 24.6 Å². The number of anilines is 1. The molecule has 0 bridgehead atoms. The third-order valence-corrected chi connectivity index (χ3v) is 5.56. The summed E-state index contributed by atoms with van der Waals surface area (Å²) < 4.78 is 18.7. The molecular formula is C22H27FN4O2. The smallest absolute Gasteiger partial charge is 0.258 e. The number of aromatic nitrogens is 2. The Labute approximate surface area is 170 Å². The van der Waals surface area contributed by atoms with E-state index in [0.29, 0.717) is 5.75 Å². The van der Waals surface area contributed by atoms with E-state index >= 15 is 0 Å². The van der Waals surface area contributed by atoms with Crippen LogP contribution in [-0.4, -0.2) is 35.6 Å². The summed E-state index contributed by atoms with van der Waals surface area (Å²) in [5, 5.41) is 3.05. The van der Waals surface area contributed by atoms with Crippen molar-refractivity contribution in [3.05, 3.63) is 47.5 Å². The molecule has 7 heteroatoms. The summed E-state index contributed by atoms with van der Waals surface area (Å²) in [5.41, 5.74) is 2.01. The molecule has 1 aromatic carbocycles. The van der Waals surface area contributed by atoms with E-state index in [-0.39, 0.29) is 24.0 Å². The van der Waals surface area contributed by atoms with Gasteiger partial charge in [-0.2, -0.15) is 0 Å². The maximum absolute atomic E-state index is 13.3. The zero-order valence-corrected chi connectivity index (χ0v) is 16.9. The number of halogens is 1. The normalized spacial score (nSPS) is 20.2. The topological polar surface area (TPSA) is 67.4 Å². The second kappa shape index (κ2) is 7.97. The molecule has 1 aliphatic carbocycles. The maximum Gasteiger partial charge on any atom is 0.258 e. The van der Waals surface area contributed by atoms with Gasteiger partial charge in [0.1, 0.15) is 11.6 Å². The standard InChI is InChI=1S/C22H27FN4O2/c1-22(2)11-18(25-20(28)14-29-16-7-5-6-15(23)10-16)17-13-24-21(26-19(17)12-22)27-8-3-4-9-27/h5-7,10,13,18H,3-4,8-9,11-12,14H2,1-2H3,(H,25,28). The van der Waals surface area contributed by atoms with Crippen molar-refractivity contribution in [1.29, 1.82) is 0 Å². The molecular weight excluding hydrogens is 371 g/mol. The second-order valence-corrected chi connectivity index (χ2v) is 8.68. The van der Waals surface area contributed by atoms with Crippen LogP contribution in [0, 0.1) is 11.2 Å². The summed E-state index contributed by atoms with van der Waals surface area (Å²) >= 11 is 0. The highest BCUT2D eigenvalue weighted by atomic mass is 19.1. The number of carbonyl (C=O) groups excluding carboxylic acids is 1. The van der Waals surface area contributed by atoms with Gasteiger partial charge >= 0.3 is 0 Å². The number of fused-ring (bicyclic) bond motifs is 1. The fraction of sp³-hybridized carbons (Fsp3) is 0.500. The lowest BCUT2D eigenvalue weighted by molar-refractivity contribution is -0.124. The average molecular weight is 398 g/mol. The van der Waals surface area contributed by atoms with Crippen molar-refractivity contribution in [3.63, 3.8) is 0 Å². The number of amides is 1. The molecule has 154 valence electrons. The molecule has 0 radical (unpaired) electrons. The predicted octanol–water partition coefficient (Wildman–Crippen LogP) is 3.42. The molecule has 4 rings (SSSR count). The Kier molecular flexibility index (Phi) is 5.39. The predicted molar refractivity (Wildman–Crippen MR) is 108 cm³/mol. The van der Waals surface area contributed by atoms with E-state index < -0.39 is 5.82 Å². The SMILES string of the molecule is CC1(C)Cc2nc(N3CCCC3)ncc2C(NC(=O)COc2cccc(F)c2)C1. The quantitative estimate of drug-likeness (QED) is 0.836. The van der Waals surface area contributed by atoms with E-state index in [1.54, 1.807) is 12.1 Å². The molecule has 2 aromatic rings. The van der Waals surface area contributed by atoms with Gasteiger partial charge in [0.05, 0.1) is 11.7 Å². The van der Waals surface area contributed by atoms with E-state index in [0.717, 1.165) is 43.1 Å². The number of rotatable bonds is 5. The van der Waals surface area contributed by atoms with Crippen LogP contribution in [0.15, 0.2) is 30.5 Å². The highest BCUT2D eigenvalue weighted by molar-refractivity contribution is 5.78. The minimum atomic E-state index is -0.392. The zero-order chi connectivity index (χ0) is 20.4. The molecule has 0 spiro atoms. The Morgan fingerprint density at radius 2 is 2.14 bits per heavy atom. The molecule has 1 amide bonds. The molecule has 1 N–H and O–H groups in total. The van der Waals surface area contributed by atoms with Crippen LogP contribution in [0.1, 0.15) is 50.4 Å². The molecule has 29 heavy (non-hydrogen) atoms. The monoisotopic (exact) mass is 398 g/mol. The minimum Gasteiger partial charge on any atom is -0.484 e. The average Bonchev–Trinajstić information content (AvgIpc) is 3.20. The van der Waals surface area contributed by atoms with Crippen molar-refractivity contribution >= 4 is 11.9 Å². The Bertz CT molecular complexity index is 896. The van der Waals surface area contributed by atoms with Gasteiger partial charge in [0.15, 0.2) is 6.61 Å². The first-order valence-corrected chi connectivity index (χ1v) is 10.2. The lowest BCUT2D eigenvalue weighted by atomic mass is 9.74. The number of ether oxygens (including phenoxy) is 1. The summed E-state index contributed by atoms with van der Waals surface area (Å²) in [5.74, 6) is 0.491. The van der Waals surface area contributed by atoms with Gasteiger partial charge in [-0.15, -0.1) is 0 Å². The van der Waals surface area contributed by atoms with E-state index in [9.17, 15) is 9.18 Å². The largest absolute Gasteiger partial charge is 0.484 e. The molecule has 1 aromatic heterocycles. The molecule has 1 aliphatic heterocycles. The van der Waals surface area contributed by atoms with Gasteiger partial charge in [-0.1, -0.05) is 19.9 Å². The third kappa shape index (κ3) is 4.66. The number of carbonyl (C=O) groups is 1. The van der Waals surface area contributed by atoms with Crippen molar-refractivity contribution in [2.45, 2.75) is 45.6 Å². The van der Waals surface area contributed by atoms with Crippen LogP contribution in [0.4, 0.5) is 10.3 Å². The Morgan fingerprint density at radius 3 is 2.90 bits per heavy atom. The minimum absolute atomic E-state index is 0.0188. The lowest BCUT2D eigenvalue weighted by Gasteiger charge is -2.36. The zero-order valence-electron chi connectivity index (χ0n) is 16.9. The first-order chi connectivity index (χ1) is 13.9. The van der Waals surface area contributed by atoms with Crippen LogP contribution in [-0.2, 0) is 11.2 Å². The first-order valence-electron chi connectivity index (χ1n) is 10.2. The fourth-order valence-electron chi connectivity index (χ4n) is 4.18. The van der Waals surface area contributed by atoms with Gasteiger partial charge in [-0.05, 0) is 43.2 Å². The van der Waals surface area contributed by atoms with Crippen molar-refractivity contribution < 1.29 is 13.9 Å². The van der Waals surface area contributed by atoms with Gasteiger partial charge in [0, 0.05) is 30.9 Å². The number of nitrogens with zero attached hydrogens (tertiary/aromatic N) is 3. The first kappa shape index (κ1) is 19.6. The number of hydrogen-bond acceptors (Lipinski definition) is 5. The number of benzene rings is 1. The molecule has 1 unspecified atom stereocenters. The van der Waals surface area contributed by atoms with E-state index in [2.05, 4.69) is 29.0 Å². The van der Waals surface area contributed by atoms with Gasteiger partial charge in [-0.25, -0.2) is 14.4 Å². The lowest BCUT2D eigenvalue weighted by Crippen LogP contribution is -2.39. The molecule has 0 saturated carbocycles. The second-order valence-electron chi connectivity index (χ2n) is 8.68. The summed E-state index contributed by atoms with van der Waals surface area (Å²) in [6, 6.07) is 5.62. The molecule has 1 fully saturated rings. The summed E-state index contributed by atoms with van der Waals surface area (Å²) in [6.07, 6.45) is 5.88. The van der Waals surface area contributed by atoms with Crippen LogP contribution in [0.25, 0.3) is 0 Å². The van der Waals surface area contributed by atoms with Crippen LogP contribution in [0.2, 0.25) is 0 Å². The third-order valence-electron chi connectivity index (χ3n) is 5.56. The van der Waals surface area contributed by atoms with Crippen molar-refractivity contribution in [1.82, 2.24) is 15.3 Å². The van der Waals surface area contributed by atoms with E-state index in [1.165, 1.54) is 25.0 Å². The maximum atomic E-state index is 13.3. The van der Waals surface area contributed by atoms with E-state index in [1.807, 2.05) is 6.20 Å². The van der Waals surface area contributed by atoms with Crippen LogP contribution in [0.3, 0.4) is 0 Å². The summed E-state index contributed by atoms with van der Waals surface area (Å²) in [7, 11) is 0. The van der Waals surface area contributed by atoms with Crippen LogP contribution >= 0.6 is 0 Å². The molecule has 1 atom stereocenters. The van der Waals surface area contributed by atoms with Gasteiger partial charge in [-0.3, -0.25) is 4.79 Å². The fourth-order valence-corrected chi connectivity index (χ4v) is 4.18. The van der Waals surface area contributed by atoms with E-state index in [4.69, 9.17) is 9.72 Å². The van der Waals surface area contributed by atoms with Crippen molar-refractivity contribution in [2.24, 2.45) is 5.41 Å². The molecule has 1 saturated heterocycles. The van der Waals surface area contributed by atoms with Gasteiger partial charge < -0.3 is 15.0 Å². The van der Waals surface area contributed by atoms with Crippen LogP contribution in [0.5, 0.6) is 5.75 Å². The summed E-state index contributed by atoms with van der Waals surface area (Å²) in [4.78, 5) is 24.1. The van der Waals surface area contributed by atoms with Gasteiger partial charge in [0.2, 0.25) is 5.95 Å². The molecule has 2 aliphatic rings. The highest BCUT2D eigenvalue weighted by Crippen LogP contribution is 2.40. The van der Waals surface area contributed by atoms with Crippen molar-refractivity contribution in [3.8, 4) is 5.75 Å². The van der Waals surface area contributed by atoms with Crippen LogP contribution < -0.4 is 15.0 Å². The number of hydrogen-bond donors (Lipinski definition) is 1. The van der Waals surface area contributed by atoms with Gasteiger partial charge in [0.25, 0.3) is 5.91 Å². The Morgan fingerprint density at radius 1 is 1.34 bits per heavy atom.